The van der Waals surface area contributed by atoms with Crippen LogP contribution in [-0.2, 0) is 5.41 Å². The van der Waals surface area contributed by atoms with E-state index >= 15 is 0 Å². The molecular formula is C15H16N4OS. The summed E-state index contributed by atoms with van der Waals surface area (Å²) in [5.74, 6) is 0.135. The van der Waals surface area contributed by atoms with Crippen molar-refractivity contribution in [2.45, 2.75) is 23.4 Å². The Morgan fingerprint density at radius 1 is 1.38 bits per heavy atom. The lowest BCUT2D eigenvalue weighted by atomic mass is 9.87. The number of aromatic amines is 1. The van der Waals surface area contributed by atoms with Crippen LogP contribution in [0.1, 0.15) is 24.0 Å². The van der Waals surface area contributed by atoms with Crippen LogP contribution in [0.5, 0.6) is 0 Å². The van der Waals surface area contributed by atoms with Gasteiger partial charge in [0, 0.05) is 5.41 Å². The fraction of sp³-hybridized carbons (Fsp3) is 0.267. The van der Waals surface area contributed by atoms with E-state index in [1.807, 2.05) is 36.6 Å². The third kappa shape index (κ3) is 2.25. The summed E-state index contributed by atoms with van der Waals surface area (Å²) < 4.78 is 0. The first kappa shape index (κ1) is 13.9. The predicted octanol–water partition coefficient (Wildman–Crippen LogP) is 2.17. The lowest BCUT2D eigenvalue weighted by Crippen LogP contribution is -2.30. The summed E-state index contributed by atoms with van der Waals surface area (Å²) in [6.45, 7) is 0. The molecule has 0 aliphatic heterocycles. The van der Waals surface area contributed by atoms with Crippen molar-refractivity contribution in [1.82, 2.24) is 9.97 Å². The first-order valence-corrected chi connectivity index (χ1v) is 7.89. The van der Waals surface area contributed by atoms with Gasteiger partial charge in [0.25, 0.3) is 5.56 Å². The summed E-state index contributed by atoms with van der Waals surface area (Å²) in [5, 5.41) is 8.97. The van der Waals surface area contributed by atoms with Gasteiger partial charge in [0.2, 0.25) is 0 Å². The Labute approximate surface area is 126 Å². The predicted molar refractivity (Wildman–Crippen MR) is 85.2 cm³/mol. The smallest absolute Gasteiger partial charge is 0.262 e. The fourth-order valence-electron chi connectivity index (χ4n) is 2.61. The summed E-state index contributed by atoms with van der Waals surface area (Å²) in [6.07, 6.45) is 3.53. The van der Waals surface area contributed by atoms with Gasteiger partial charge in [-0.15, -0.1) is 0 Å². The molecule has 0 amide bonds. The molecule has 0 spiro atoms. The Balaban J connectivity index is 2.06. The molecule has 4 N–H and O–H groups in total. The molecule has 5 nitrogen and oxygen atoms in total. The van der Waals surface area contributed by atoms with Gasteiger partial charge in [0.15, 0.2) is 5.16 Å². The monoisotopic (exact) mass is 300 g/mol. The largest absolute Gasteiger partial charge is 0.383 e. The van der Waals surface area contributed by atoms with Gasteiger partial charge in [0.05, 0.1) is 5.71 Å². The van der Waals surface area contributed by atoms with Gasteiger partial charge in [0.1, 0.15) is 11.4 Å². The molecule has 6 heteroatoms. The van der Waals surface area contributed by atoms with Crippen LogP contribution in [0.3, 0.4) is 0 Å². The molecule has 1 aromatic heterocycles. The second-order valence-corrected chi connectivity index (χ2v) is 5.95. The highest BCUT2D eigenvalue weighted by Crippen LogP contribution is 2.50. The minimum Gasteiger partial charge on any atom is -0.383 e. The number of anilines is 1. The molecule has 0 saturated heterocycles. The molecule has 1 fully saturated rings. The second-order valence-electron chi connectivity index (χ2n) is 5.16. The van der Waals surface area contributed by atoms with Gasteiger partial charge in [-0.05, 0) is 24.7 Å². The van der Waals surface area contributed by atoms with E-state index in [-0.39, 0.29) is 28.1 Å². The average Bonchev–Trinajstić information content (AvgIpc) is 3.29. The van der Waals surface area contributed by atoms with Gasteiger partial charge >= 0.3 is 0 Å². The van der Waals surface area contributed by atoms with Crippen molar-refractivity contribution < 1.29 is 0 Å². The third-order valence-electron chi connectivity index (χ3n) is 3.92. The minimum absolute atomic E-state index is 0.135. The number of thioether (sulfide) groups is 1. The van der Waals surface area contributed by atoms with Crippen molar-refractivity contribution in [3.05, 3.63) is 51.8 Å². The summed E-state index contributed by atoms with van der Waals surface area (Å²) in [4.78, 5) is 19.1. The zero-order chi connectivity index (χ0) is 15.0. The van der Waals surface area contributed by atoms with Gasteiger partial charge in [-0.1, -0.05) is 42.1 Å². The highest BCUT2D eigenvalue weighted by atomic mass is 32.2. The first-order chi connectivity index (χ1) is 10.1. The van der Waals surface area contributed by atoms with Gasteiger partial charge in [-0.25, -0.2) is 4.98 Å². The Morgan fingerprint density at radius 3 is 2.57 bits per heavy atom. The molecule has 2 aromatic rings. The van der Waals surface area contributed by atoms with Crippen LogP contribution < -0.4 is 11.3 Å². The number of hydrogen-bond donors (Lipinski definition) is 3. The Kier molecular flexibility index (Phi) is 3.33. The van der Waals surface area contributed by atoms with Crippen molar-refractivity contribution in [3.8, 4) is 0 Å². The van der Waals surface area contributed by atoms with E-state index in [1.54, 1.807) is 0 Å². The van der Waals surface area contributed by atoms with Crippen molar-refractivity contribution in [2.75, 3.05) is 12.0 Å². The quantitative estimate of drug-likeness (QED) is 0.458. The number of nitrogens with zero attached hydrogens (tertiary/aromatic N) is 1. The van der Waals surface area contributed by atoms with E-state index in [0.29, 0.717) is 5.16 Å². The van der Waals surface area contributed by atoms with E-state index in [1.165, 1.54) is 11.8 Å². The Morgan fingerprint density at radius 2 is 2.05 bits per heavy atom. The van der Waals surface area contributed by atoms with Crippen LogP contribution in [-0.4, -0.2) is 21.9 Å². The molecule has 1 aliphatic carbocycles. The maximum atomic E-state index is 12.2. The molecule has 1 saturated carbocycles. The van der Waals surface area contributed by atoms with E-state index < -0.39 is 0 Å². The Hall–Kier alpha value is -2.08. The van der Waals surface area contributed by atoms with Crippen LogP contribution in [0, 0.1) is 5.41 Å². The summed E-state index contributed by atoms with van der Waals surface area (Å²) in [5.41, 5.74) is 6.73. The number of nitrogen functional groups attached to an aromatic ring is 1. The number of H-pyrrole nitrogens is 1. The molecule has 3 rings (SSSR count). The van der Waals surface area contributed by atoms with Crippen LogP contribution >= 0.6 is 11.8 Å². The molecule has 108 valence electrons. The molecule has 0 atom stereocenters. The lowest BCUT2D eigenvalue weighted by Gasteiger charge is -2.18. The maximum absolute atomic E-state index is 12.2. The molecule has 0 unspecified atom stereocenters. The van der Waals surface area contributed by atoms with Gasteiger partial charge in [-0.2, -0.15) is 0 Å². The van der Waals surface area contributed by atoms with Crippen LogP contribution in [0.25, 0.3) is 0 Å². The topological polar surface area (TPSA) is 95.6 Å². The SMILES string of the molecule is CSc1nc(N)c(C(=N)C2(c3ccccc3)CC2)c(=O)[nH]1. The number of benzene rings is 1. The molecule has 1 heterocycles. The van der Waals surface area contributed by atoms with Crippen molar-refractivity contribution in [3.63, 3.8) is 0 Å². The van der Waals surface area contributed by atoms with Gasteiger partial charge in [-0.3, -0.25) is 4.79 Å². The second kappa shape index (κ2) is 5.04. The van der Waals surface area contributed by atoms with Gasteiger partial charge < -0.3 is 16.1 Å². The minimum atomic E-state index is -0.384. The highest BCUT2D eigenvalue weighted by Gasteiger charge is 2.49. The number of hydrogen-bond acceptors (Lipinski definition) is 5. The maximum Gasteiger partial charge on any atom is 0.262 e. The fourth-order valence-corrected chi connectivity index (χ4v) is 3.00. The highest BCUT2D eigenvalue weighted by molar-refractivity contribution is 7.98. The summed E-state index contributed by atoms with van der Waals surface area (Å²) in [7, 11) is 0. The molecule has 0 bridgehead atoms. The molecule has 21 heavy (non-hydrogen) atoms. The van der Waals surface area contributed by atoms with E-state index in [2.05, 4.69) is 9.97 Å². The van der Waals surface area contributed by atoms with Crippen molar-refractivity contribution >= 4 is 23.3 Å². The standard InChI is InChI=1S/C15H16N4OS/c1-21-14-18-12(17)10(13(20)19-14)11(16)15(7-8-15)9-5-3-2-4-6-9/h2-6,16H,7-8H2,1H3,(H3,17,18,19,20). The molecule has 1 aromatic carbocycles. The first-order valence-electron chi connectivity index (χ1n) is 6.67. The van der Waals surface area contributed by atoms with Crippen LogP contribution in [0.4, 0.5) is 5.82 Å². The van der Waals surface area contributed by atoms with Crippen LogP contribution in [0.2, 0.25) is 0 Å². The van der Waals surface area contributed by atoms with E-state index in [9.17, 15) is 4.79 Å². The molecule has 0 radical (unpaired) electrons. The van der Waals surface area contributed by atoms with Crippen molar-refractivity contribution in [1.29, 1.82) is 5.41 Å². The van der Waals surface area contributed by atoms with E-state index in [4.69, 9.17) is 11.1 Å². The number of rotatable bonds is 4. The molecule has 1 aliphatic rings. The number of nitrogens with two attached hydrogens (primary N) is 1. The lowest BCUT2D eigenvalue weighted by molar-refractivity contribution is 0.905. The third-order valence-corrected chi connectivity index (χ3v) is 4.50. The normalized spacial score (nSPS) is 15.7. The average molecular weight is 300 g/mol. The molecular weight excluding hydrogens is 284 g/mol. The van der Waals surface area contributed by atoms with Crippen molar-refractivity contribution in [2.24, 2.45) is 0 Å². The number of nitrogens with one attached hydrogen (secondary N) is 2. The Bertz CT molecular complexity index is 750. The van der Waals surface area contributed by atoms with E-state index in [0.717, 1.165) is 18.4 Å². The zero-order valence-corrected chi connectivity index (χ0v) is 12.5. The summed E-state index contributed by atoms with van der Waals surface area (Å²) >= 11 is 1.32. The number of aromatic nitrogens is 2. The van der Waals surface area contributed by atoms with Crippen LogP contribution in [0.15, 0.2) is 40.3 Å². The zero-order valence-electron chi connectivity index (χ0n) is 11.6. The summed E-state index contributed by atoms with van der Waals surface area (Å²) in [6, 6.07) is 9.83.